The predicted octanol–water partition coefficient (Wildman–Crippen LogP) is -1.21. The SMILES string of the molecule is O=C([O-])C(S)CCO.[NH4+]. The highest BCUT2D eigenvalue weighted by Crippen LogP contribution is 1.96. The standard InChI is InChI=1S/C4H8O3S.H3N/c5-2-1-3(8)4(6)7;/h3,5,8H,1-2H2,(H,6,7);1H3. The number of aliphatic carboxylic acids is 1. The average molecular weight is 153 g/mol. The smallest absolute Gasteiger partial charge is 0.0542 e. The zero-order valence-corrected chi connectivity index (χ0v) is 6.10. The van der Waals surface area contributed by atoms with Crippen molar-refractivity contribution in [3.05, 3.63) is 0 Å². The van der Waals surface area contributed by atoms with Crippen molar-refractivity contribution in [2.45, 2.75) is 11.7 Å². The molecule has 0 aromatic heterocycles. The molecule has 5 N–H and O–H groups in total. The van der Waals surface area contributed by atoms with Crippen molar-refractivity contribution >= 4 is 18.6 Å². The number of rotatable bonds is 3. The van der Waals surface area contributed by atoms with Gasteiger partial charge in [0.1, 0.15) is 0 Å². The van der Waals surface area contributed by atoms with Gasteiger partial charge >= 0.3 is 0 Å². The normalized spacial score (nSPS) is 11.8. The Balaban J connectivity index is 0. The van der Waals surface area contributed by atoms with E-state index in [-0.39, 0.29) is 19.2 Å². The molecule has 0 rings (SSSR count). The summed E-state index contributed by atoms with van der Waals surface area (Å²) in [6.45, 7) is -0.165. The summed E-state index contributed by atoms with van der Waals surface area (Å²) >= 11 is 3.58. The van der Waals surface area contributed by atoms with Crippen LogP contribution in [0.3, 0.4) is 0 Å². The van der Waals surface area contributed by atoms with Gasteiger partial charge in [-0.2, -0.15) is 12.6 Å². The Bertz CT molecular complexity index is 87.9. The fraction of sp³-hybridized carbons (Fsp3) is 0.750. The minimum atomic E-state index is -1.23. The lowest BCUT2D eigenvalue weighted by Gasteiger charge is -2.07. The molecular formula is C4H11NO3S. The second kappa shape index (κ2) is 5.87. The second-order valence-electron chi connectivity index (χ2n) is 1.35. The number of aliphatic hydroxyl groups is 1. The quantitative estimate of drug-likeness (QED) is 0.444. The Labute approximate surface area is 58.9 Å². The van der Waals surface area contributed by atoms with E-state index in [4.69, 9.17) is 5.11 Å². The Morgan fingerprint density at radius 2 is 2.22 bits per heavy atom. The summed E-state index contributed by atoms with van der Waals surface area (Å²) in [5.41, 5.74) is 0. The summed E-state index contributed by atoms with van der Waals surface area (Å²) in [5.74, 6) is -1.23. The first kappa shape index (κ1) is 11.5. The highest BCUT2D eigenvalue weighted by molar-refractivity contribution is 7.81. The number of aliphatic hydroxyl groups excluding tert-OH is 1. The third kappa shape index (κ3) is 5.61. The van der Waals surface area contributed by atoms with E-state index in [0.717, 1.165) is 0 Å². The van der Waals surface area contributed by atoms with E-state index in [1.165, 1.54) is 0 Å². The van der Waals surface area contributed by atoms with Gasteiger partial charge in [-0.25, -0.2) is 0 Å². The summed E-state index contributed by atoms with van der Waals surface area (Å²) < 4.78 is 0. The summed E-state index contributed by atoms with van der Waals surface area (Å²) in [5, 5.41) is 17.1. The van der Waals surface area contributed by atoms with E-state index in [9.17, 15) is 9.90 Å². The monoisotopic (exact) mass is 153 g/mol. The van der Waals surface area contributed by atoms with E-state index >= 15 is 0 Å². The fourth-order valence-corrected chi connectivity index (χ4v) is 0.356. The molecule has 0 saturated carbocycles. The summed E-state index contributed by atoms with van der Waals surface area (Å²) in [7, 11) is 0. The number of carbonyl (C=O) groups excluding carboxylic acids is 1. The molecule has 0 radical (unpaired) electrons. The van der Waals surface area contributed by atoms with Crippen LogP contribution < -0.4 is 11.3 Å². The van der Waals surface area contributed by atoms with Gasteiger partial charge < -0.3 is 21.2 Å². The minimum absolute atomic E-state index is 0. The van der Waals surface area contributed by atoms with E-state index in [1.807, 2.05) is 0 Å². The van der Waals surface area contributed by atoms with Crippen LogP contribution in [0.15, 0.2) is 0 Å². The van der Waals surface area contributed by atoms with Crippen molar-refractivity contribution in [2.24, 2.45) is 0 Å². The molecule has 0 aliphatic rings. The first-order chi connectivity index (χ1) is 3.68. The second-order valence-corrected chi connectivity index (χ2v) is 1.97. The first-order valence-corrected chi connectivity index (χ1v) is 2.70. The lowest BCUT2D eigenvalue weighted by atomic mass is 10.3. The third-order valence-electron chi connectivity index (χ3n) is 0.675. The topological polar surface area (TPSA) is 96.9 Å². The van der Waals surface area contributed by atoms with Crippen LogP contribution in [-0.4, -0.2) is 22.9 Å². The lowest BCUT2D eigenvalue weighted by molar-refractivity contribution is -0.304. The van der Waals surface area contributed by atoms with Crippen LogP contribution in [0.1, 0.15) is 6.42 Å². The summed E-state index contributed by atoms with van der Waals surface area (Å²) in [6, 6.07) is 0. The summed E-state index contributed by atoms with van der Waals surface area (Å²) in [6.07, 6.45) is 0.144. The number of thiol groups is 1. The number of carbonyl (C=O) groups is 1. The van der Waals surface area contributed by atoms with Crippen molar-refractivity contribution < 1.29 is 15.0 Å². The Morgan fingerprint density at radius 3 is 2.33 bits per heavy atom. The van der Waals surface area contributed by atoms with E-state index in [1.54, 1.807) is 0 Å². The van der Waals surface area contributed by atoms with Gasteiger partial charge in [-0.15, -0.1) is 0 Å². The van der Waals surface area contributed by atoms with Crippen LogP contribution in [0, 0.1) is 0 Å². The third-order valence-corrected chi connectivity index (χ3v) is 1.14. The van der Waals surface area contributed by atoms with Crippen molar-refractivity contribution in [1.29, 1.82) is 0 Å². The molecule has 1 atom stereocenters. The number of hydrogen-bond donors (Lipinski definition) is 3. The Hall–Kier alpha value is -0.260. The Morgan fingerprint density at radius 1 is 1.78 bits per heavy atom. The van der Waals surface area contributed by atoms with Gasteiger partial charge in [0, 0.05) is 11.9 Å². The zero-order valence-electron chi connectivity index (χ0n) is 5.20. The van der Waals surface area contributed by atoms with E-state index in [2.05, 4.69) is 12.6 Å². The highest BCUT2D eigenvalue weighted by Gasteiger charge is 1.99. The van der Waals surface area contributed by atoms with Crippen LogP contribution in [0.25, 0.3) is 0 Å². The van der Waals surface area contributed by atoms with Gasteiger partial charge in [-0.05, 0) is 6.42 Å². The minimum Gasteiger partial charge on any atom is -0.549 e. The number of carboxylic acid groups (broad SMARTS) is 1. The van der Waals surface area contributed by atoms with Gasteiger partial charge in [0.05, 0.1) is 5.97 Å². The van der Waals surface area contributed by atoms with E-state index in [0.29, 0.717) is 0 Å². The number of carboxylic acids is 1. The van der Waals surface area contributed by atoms with Gasteiger partial charge in [0.25, 0.3) is 0 Å². The number of hydrogen-bond acceptors (Lipinski definition) is 4. The van der Waals surface area contributed by atoms with Gasteiger partial charge in [0.15, 0.2) is 0 Å². The molecule has 0 aliphatic carbocycles. The molecule has 0 aromatic rings. The molecule has 0 aliphatic heterocycles. The van der Waals surface area contributed by atoms with Crippen molar-refractivity contribution in [3.63, 3.8) is 0 Å². The molecule has 56 valence electrons. The molecule has 9 heavy (non-hydrogen) atoms. The molecule has 4 nitrogen and oxygen atoms in total. The van der Waals surface area contributed by atoms with Crippen LogP contribution in [0.4, 0.5) is 0 Å². The number of quaternary nitrogens is 1. The molecule has 0 heterocycles. The molecule has 1 unspecified atom stereocenters. The van der Waals surface area contributed by atoms with Crippen LogP contribution in [0.5, 0.6) is 0 Å². The predicted molar refractivity (Wildman–Crippen MR) is 35.5 cm³/mol. The van der Waals surface area contributed by atoms with Crippen molar-refractivity contribution in [2.75, 3.05) is 6.61 Å². The van der Waals surface area contributed by atoms with Crippen LogP contribution >= 0.6 is 12.6 Å². The maximum absolute atomic E-state index is 9.79. The molecule has 0 fully saturated rings. The molecule has 0 aromatic carbocycles. The maximum Gasteiger partial charge on any atom is 0.0542 e. The fourth-order valence-electron chi connectivity index (χ4n) is 0.240. The van der Waals surface area contributed by atoms with Crippen molar-refractivity contribution in [3.8, 4) is 0 Å². The molecule has 0 amide bonds. The molecule has 0 bridgehead atoms. The zero-order chi connectivity index (χ0) is 6.57. The van der Waals surface area contributed by atoms with Crippen molar-refractivity contribution in [1.82, 2.24) is 6.15 Å². The average Bonchev–Trinajstić information content (AvgIpc) is 1.67. The largest absolute Gasteiger partial charge is 0.549 e. The molecule has 5 heteroatoms. The molecule has 0 spiro atoms. The first-order valence-electron chi connectivity index (χ1n) is 2.18. The summed E-state index contributed by atoms with van der Waals surface area (Å²) in [4.78, 5) is 9.79. The molecular weight excluding hydrogens is 142 g/mol. The maximum atomic E-state index is 9.79. The Kier molecular flexibility index (Phi) is 7.52. The van der Waals surface area contributed by atoms with Gasteiger partial charge in [-0.3, -0.25) is 0 Å². The highest BCUT2D eigenvalue weighted by atomic mass is 32.1. The molecule has 0 saturated heterocycles. The van der Waals surface area contributed by atoms with Gasteiger partial charge in [-0.1, -0.05) is 0 Å². The van der Waals surface area contributed by atoms with E-state index < -0.39 is 11.2 Å². The van der Waals surface area contributed by atoms with Gasteiger partial charge in [0.2, 0.25) is 0 Å². The van der Waals surface area contributed by atoms with Crippen LogP contribution in [-0.2, 0) is 4.79 Å². The van der Waals surface area contributed by atoms with Crippen LogP contribution in [0.2, 0.25) is 0 Å². The lowest BCUT2D eigenvalue weighted by Crippen LogP contribution is -2.32.